The van der Waals surface area contributed by atoms with E-state index in [9.17, 15) is 14.0 Å². The number of halogens is 1. The van der Waals surface area contributed by atoms with Gasteiger partial charge in [0, 0.05) is 18.7 Å². The molecule has 1 heterocycles. The van der Waals surface area contributed by atoms with E-state index in [2.05, 4.69) is 4.74 Å². The third-order valence-electron chi connectivity index (χ3n) is 3.43. The number of hydrogen-bond acceptors (Lipinski definition) is 3. The van der Waals surface area contributed by atoms with Crippen molar-refractivity contribution in [3.63, 3.8) is 0 Å². The standard InChI is InChI=1S/C14H16FNO3/c1-9-7-11(15)3-4-12(9)13(17)16-6-5-10(8-16)14(18)19-2/h3-4,7,10H,5-6,8H2,1-2H3. The lowest BCUT2D eigenvalue weighted by Gasteiger charge is -2.17. The number of benzene rings is 1. The van der Waals surface area contributed by atoms with Gasteiger partial charge in [0.15, 0.2) is 0 Å². The molecular weight excluding hydrogens is 249 g/mol. The molecule has 1 unspecified atom stereocenters. The van der Waals surface area contributed by atoms with Crippen molar-refractivity contribution in [3.05, 3.63) is 35.1 Å². The highest BCUT2D eigenvalue weighted by Crippen LogP contribution is 2.21. The second kappa shape index (κ2) is 5.38. The molecule has 102 valence electrons. The number of aryl methyl sites for hydroxylation is 1. The number of carbonyl (C=O) groups excluding carboxylic acids is 2. The number of methoxy groups -OCH3 is 1. The van der Waals surface area contributed by atoms with Gasteiger partial charge in [-0.25, -0.2) is 4.39 Å². The first-order valence-electron chi connectivity index (χ1n) is 6.16. The van der Waals surface area contributed by atoms with Crippen LogP contribution in [0.15, 0.2) is 18.2 Å². The maximum Gasteiger partial charge on any atom is 0.310 e. The number of carbonyl (C=O) groups is 2. The number of amides is 1. The van der Waals surface area contributed by atoms with Crippen LogP contribution in [0, 0.1) is 18.7 Å². The minimum Gasteiger partial charge on any atom is -0.469 e. The summed E-state index contributed by atoms with van der Waals surface area (Å²) in [6.07, 6.45) is 0.610. The summed E-state index contributed by atoms with van der Waals surface area (Å²) in [6, 6.07) is 4.09. The Labute approximate surface area is 111 Å². The van der Waals surface area contributed by atoms with Gasteiger partial charge >= 0.3 is 5.97 Å². The summed E-state index contributed by atoms with van der Waals surface area (Å²) in [5.41, 5.74) is 1.08. The van der Waals surface area contributed by atoms with Crippen molar-refractivity contribution in [3.8, 4) is 0 Å². The van der Waals surface area contributed by atoms with Crippen LogP contribution in [-0.4, -0.2) is 37.0 Å². The molecule has 1 atom stereocenters. The topological polar surface area (TPSA) is 46.6 Å². The fraction of sp³-hybridized carbons (Fsp3) is 0.429. The van der Waals surface area contributed by atoms with Crippen molar-refractivity contribution in [1.29, 1.82) is 0 Å². The number of rotatable bonds is 2. The molecule has 0 aromatic heterocycles. The fourth-order valence-corrected chi connectivity index (χ4v) is 2.34. The molecule has 1 aliphatic heterocycles. The van der Waals surface area contributed by atoms with E-state index >= 15 is 0 Å². The molecule has 19 heavy (non-hydrogen) atoms. The normalized spacial score (nSPS) is 18.5. The second-order valence-electron chi connectivity index (χ2n) is 4.72. The van der Waals surface area contributed by atoms with Gasteiger partial charge in [-0.3, -0.25) is 9.59 Å². The monoisotopic (exact) mass is 265 g/mol. The van der Waals surface area contributed by atoms with E-state index in [-0.39, 0.29) is 23.6 Å². The third-order valence-corrected chi connectivity index (χ3v) is 3.43. The van der Waals surface area contributed by atoms with Crippen LogP contribution in [0.2, 0.25) is 0 Å². The first-order chi connectivity index (χ1) is 9.02. The lowest BCUT2D eigenvalue weighted by atomic mass is 10.1. The fourth-order valence-electron chi connectivity index (χ4n) is 2.34. The molecule has 1 aromatic carbocycles. The minimum absolute atomic E-state index is 0.163. The lowest BCUT2D eigenvalue weighted by molar-refractivity contribution is -0.144. The van der Waals surface area contributed by atoms with E-state index in [1.165, 1.54) is 25.3 Å². The lowest BCUT2D eigenvalue weighted by Crippen LogP contribution is -2.30. The van der Waals surface area contributed by atoms with Crippen molar-refractivity contribution in [2.75, 3.05) is 20.2 Å². The molecule has 1 aliphatic rings. The molecule has 4 nitrogen and oxygen atoms in total. The van der Waals surface area contributed by atoms with E-state index in [1.54, 1.807) is 11.8 Å². The predicted molar refractivity (Wildman–Crippen MR) is 67.2 cm³/mol. The van der Waals surface area contributed by atoms with Gasteiger partial charge in [-0.2, -0.15) is 0 Å². The highest BCUT2D eigenvalue weighted by molar-refractivity contribution is 5.96. The maximum atomic E-state index is 13.0. The average molecular weight is 265 g/mol. The van der Waals surface area contributed by atoms with Crippen LogP contribution in [-0.2, 0) is 9.53 Å². The van der Waals surface area contributed by atoms with Gasteiger partial charge in [0.05, 0.1) is 13.0 Å². The first kappa shape index (κ1) is 13.5. The number of nitrogens with zero attached hydrogens (tertiary/aromatic N) is 1. The zero-order chi connectivity index (χ0) is 14.0. The quantitative estimate of drug-likeness (QED) is 0.766. The Morgan fingerprint density at radius 2 is 2.16 bits per heavy atom. The number of ether oxygens (including phenoxy) is 1. The molecule has 1 saturated heterocycles. The van der Waals surface area contributed by atoms with Crippen molar-refractivity contribution in [2.24, 2.45) is 5.92 Å². The Kier molecular flexibility index (Phi) is 3.83. The molecule has 5 heteroatoms. The molecule has 1 aromatic rings. The van der Waals surface area contributed by atoms with E-state index in [1.807, 2.05) is 0 Å². The summed E-state index contributed by atoms with van der Waals surface area (Å²) in [5, 5.41) is 0. The van der Waals surface area contributed by atoms with Gasteiger partial charge in [-0.05, 0) is 37.1 Å². The molecular formula is C14H16FNO3. The van der Waals surface area contributed by atoms with Crippen LogP contribution < -0.4 is 0 Å². The minimum atomic E-state index is -0.358. The average Bonchev–Trinajstić information content (AvgIpc) is 2.86. The largest absolute Gasteiger partial charge is 0.469 e. The summed E-state index contributed by atoms with van der Waals surface area (Å²) in [6.45, 7) is 2.59. The summed E-state index contributed by atoms with van der Waals surface area (Å²) in [7, 11) is 1.34. The molecule has 1 fully saturated rings. The van der Waals surface area contributed by atoms with Crippen molar-refractivity contribution in [2.45, 2.75) is 13.3 Å². The maximum absolute atomic E-state index is 13.0. The predicted octanol–water partition coefficient (Wildman–Crippen LogP) is 1.77. The van der Waals surface area contributed by atoms with Gasteiger partial charge in [-0.1, -0.05) is 0 Å². The van der Waals surface area contributed by atoms with Crippen molar-refractivity contribution in [1.82, 2.24) is 4.90 Å². The van der Waals surface area contributed by atoms with E-state index < -0.39 is 0 Å². The molecule has 0 N–H and O–H groups in total. The Morgan fingerprint density at radius 1 is 1.42 bits per heavy atom. The molecule has 0 bridgehead atoms. The molecule has 0 aliphatic carbocycles. The molecule has 1 amide bonds. The zero-order valence-electron chi connectivity index (χ0n) is 11.0. The van der Waals surface area contributed by atoms with E-state index in [4.69, 9.17) is 0 Å². The SMILES string of the molecule is COC(=O)C1CCN(C(=O)c2ccc(F)cc2C)C1. The number of esters is 1. The zero-order valence-corrected chi connectivity index (χ0v) is 11.0. The number of likely N-dealkylation sites (tertiary alicyclic amines) is 1. The van der Waals surface area contributed by atoms with Crippen molar-refractivity contribution < 1.29 is 18.7 Å². The van der Waals surface area contributed by atoms with Gasteiger partial charge in [0.25, 0.3) is 5.91 Å². The van der Waals surface area contributed by atoms with Gasteiger partial charge in [0.1, 0.15) is 5.82 Å². The van der Waals surface area contributed by atoms with E-state index in [0.717, 1.165) is 0 Å². The smallest absolute Gasteiger partial charge is 0.310 e. The van der Waals surface area contributed by atoms with Crippen LogP contribution in [0.5, 0.6) is 0 Å². The molecule has 0 saturated carbocycles. The third kappa shape index (κ3) is 2.75. The highest BCUT2D eigenvalue weighted by Gasteiger charge is 2.32. The van der Waals surface area contributed by atoms with Gasteiger partial charge in [-0.15, -0.1) is 0 Å². The van der Waals surface area contributed by atoms with Crippen LogP contribution >= 0.6 is 0 Å². The van der Waals surface area contributed by atoms with E-state index in [0.29, 0.717) is 30.6 Å². The molecule has 0 radical (unpaired) electrons. The van der Waals surface area contributed by atoms with Crippen LogP contribution in [0.1, 0.15) is 22.3 Å². The molecule has 2 rings (SSSR count). The Balaban J connectivity index is 2.11. The summed E-state index contributed by atoms with van der Waals surface area (Å²) >= 11 is 0. The van der Waals surface area contributed by atoms with Crippen LogP contribution in [0.25, 0.3) is 0 Å². The van der Waals surface area contributed by atoms with Crippen LogP contribution in [0.3, 0.4) is 0 Å². The summed E-state index contributed by atoms with van der Waals surface area (Å²) in [5.74, 6) is -1.06. The molecule has 0 spiro atoms. The summed E-state index contributed by atoms with van der Waals surface area (Å²) in [4.78, 5) is 25.3. The summed E-state index contributed by atoms with van der Waals surface area (Å²) < 4.78 is 17.7. The second-order valence-corrected chi connectivity index (χ2v) is 4.72. The Morgan fingerprint density at radius 3 is 2.79 bits per heavy atom. The highest BCUT2D eigenvalue weighted by atomic mass is 19.1. The van der Waals surface area contributed by atoms with Crippen molar-refractivity contribution >= 4 is 11.9 Å². The number of hydrogen-bond donors (Lipinski definition) is 0. The Hall–Kier alpha value is -1.91. The Bertz CT molecular complexity index is 515. The first-order valence-corrected chi connectivity index (χ1v) is 6.16. The van der Waals surface area contributed by atoms with Crippen LogP contribution in [0.4, 0.5) is 4.39 Å². The van der Waals surface area contributed by atoms with Gasteiger partial charge < -0.3 is 9.64 Å². The van der Waals surface area contributed by atoms with Gasteiger partial charge in [0.2, 0.25) is 0 Å².